The van der Waals surface area contributed by atoms with Gasteiger partial charge in [-0.05, 0) is 18.2 Å². The van der Waals surface area contributed by atoms with Crippen molar-refractivity contribution < 1.29 is 9.50 Å². The highest BCUT2D eigenvalue weighted by molar-refractivity contribution is 7.83. The van der Waals surface area contributed by atoms with Crippen LogP contribution in [-0.2, 0) is 6.61 Å². The maximum absolute atomic E-state index is 12.9. The first-order valence-corrected chi connectivity index (χ1v) is 4.99. The lowest BCUT2D eigenvalue weighted by molar-refractivity contribution is 0.281. The molecule has 0 aliphatic rings. The number of thiophene rings is 1. The largest absolute Gasteiger partial charge is 0.392 e. The van der Waals surface area contributed by atoms with E-state index in [0.29, 0.717) is 5.56 Å². The van der Waals surface area contributed by atoms with Gasteiger partial charge in [0.2, 0.25) is 0 Å². The van der Waals surface area contributed by atoms with Crippen LogP contribution < -0.4 is 0 Å². The molecule has 0 radical (unpaired) electrons. The number of halogens is 1. The Kier molecular flexibility index (Phi) is 2.27. The molecule has 2 aromatic rings. The molecular weight excluding hydrogens is 207 g/mol. The molecule has 0 amide bonds. The molecule has 2 rings (SSSR count). The number of aliphatic hydroxyl groups is 1. The van der Waals surface area contributed by atoms with Gasteiger partial charge < -0.3 is 5.11 Å². The monoisotopic (exact) mass is 214 g/mol. The Balaban J connectivity index is 2.80. The predicted molar refractivity (Wildman–Crippen MR) is 55.0 cm³/mol. The summed E-state index contributed by atoms with van der Waals surface area (Å²) in [5, 5.41) is 9.79. The van der Waals surface area contributed by atoms with E-state index in [0.717, 1.165) is 14.3 Å². The van der Waals surface area contributed by atoms with Crippen LogP contribution in [-0.4, -0.2) is 5.11 Å². The van der Waals surface area contributed by atoms with Gasteiger partial charge in [0.15, 0.2) is 0 Å². The average Bonchev–Trinajstić information content (AvgIpc) is 2.40. The fourth-order valence-corrected chi connectivity index (χ4v) is 2.68. The lowest BCUT2D eigenvalue weighted by Crippen LogP contribution is -1.81. The first-order chi connectivity index (χ1) is 6.22. The minimum atomic E-state index is -0.284. The number of fused-ring (bicyclic) bond motifs is 1. The molecule has 0 aliphatic carbocycles. The maximum Gasteiger partial charge on any atom is 0.123 e. The van der Waals surface area contributed by atoms with Crippen LogP contribution in [0.3, 0.4) is 0 Å². The van der Waals surface area contributed by atoms with Gasteiger partial charge in [-0.3, -0.25) is 0 Å². The van der Waals surface area contributed by atoms with Crippen molar-refractivity contribution in [1.82, 2.24) is 0 Å². The molecule has 4 heteroatoms. The molecule has 1 heterocycles. The average molecular weight is 214 g/mol. The first-order valence-electron chi connectivity index (χ1n) is 3.73. The molecule has 0 unspecified atom stereocenters. The highest BCUT2D eigenvalue weighted by atomic mass is 32.2. The van der Waals surface area contributed by atoms with Gasteiger partial charge in [0.05, 0.1) is 10.8 Å². The van der Waals surface area contributed by atoms with Crippen LogP contribution in [0, 0.1) is 5.82 Å². The fourth-order valence-electron chi connectivity index (χ4n) is 1.26. The van der Waals surface area contributed by atoms with Crippen LogP contribution in [0.25, 0.3) is 10.1 Å². The molecule has 0 spiro atoms. The second-order valence-corrected chi connectivity index (χ2v) is 4.49. The van der Waals surface area contributed by atoms with Crippen molar-refractivity contribution in [3.63, 3.8) is 0 Å². The lowest BCUT2D eigenvalue weighted by atomic mass is 10.2. The van der Waals surface area contributed by atoms with Gasteiger partial charge in [0, 0.05) is 15.6 Å². The van der Waals surface area contributed by atoms with Gasteiger partial charge in [-0.1, -0.05) is 0 Å². The quantitative estimate of drug-likeness (QED) is 0.699. The van der Waals surface area contributed by atoms with Crippen LogP contribution in [0.4, 0.5) is 4.39 Å². The Morgan fingerprint density at radius 1 is 1.46 bits per heavy atom. The summed E-state index contributed by atoms with van der Waals surface area (Å²) in [5.74, 6) is -0.284. The van der Waals surface area contributed by atoms with E-state index in [4.69, 9.17) is 5.11 Å². The van der Waals surface area contributed by atoms with E-state index in [1.807, 2.05) is 0 Å². The van der Waals surface area contributed by atoms with Gasteiger partial charge >= 0.3 is 0 Å². The number of aliphatic hydroxyl groups excluding tert-OH is 1. The third-order valence-corrected chi connectivity index (χ3v) is 3.45. The summed E-state index contributed by atoms with van der Waals surface area (Å²) in [4.78, 5) is 0. The number of benzene rings is 1. The second-order valence-electron chi connectivity index (χ2n) is 2.68. The molecule has 1 N–H and O–H groups in total. The van der Waals surface area contributed by atoms with E-state index in [-0.39, 0.29) is 12.4 Å². The van der Waals surface area contributed by atoms with Gasteiger partial charge in [-0.15, -0.1) is 24.0 Å². The van der Waals surface area contributed by atoms with Crippen molar-refractivity contribution in [3.8, 4) is 0 Å². The molecule has 13 heavy (non-hydrogen) atoms. The SMILES string of the molecule is OCc1c(S)sc2ccc(F)cc12. The summed E-state index contributed by atoms with van der Waals surface area (Å²) in [7, 11) is 0. The van der Waals surface area contributed by atoms with E-state index in [2.05, 4.69) is 12.6 Å². The zero-order chi connectivity index (χ0) is 9.42. The van der Waals surface area contributed by atoms with Crippen molar-refractivity contribution >= 4 is 34.1 Å². The minimum absolute atomic E-state index is 0.0950. The summed E-state index contributed by atoms with van der Waals surface area (Å²) in [6.45, 7) is -0.0950. The Bertz CT molecular complexity index is 450. The molecule has 0 fully saturated rings. The summed E-state index contributed by atoms with van der Waals surface area (Å²) in [6.07, 6.45) is 0. The van der Waals surface area contributed by atoms with Crippen molar-refractivity contribution in [2.24, 2.45) is 0 Å². The van der Waals surface area contributed by atoms with E-state index in [1.54, 1.807) is 6.07 Å². The third kappa shape index (κ3) is 1.45. The summed E-state index contributed by atoms with van der Waals surface area (Å²) in [5.41, 5.74) is 0.711. The Morgan fingerprint density at radius 3 is 2.92 bits per heavy atom. The highest BCUT2D eigenvalue weighted by Gasteiger charge is 2.08. The van der Waals surface area contributed by atoms with Crippen LogP contribution in [0.15, 0.2) is 22.4 Å². The van der Waals surface area contributed by atoms with Gasteiger partial charge in [-0.25, -0.2) is 4.39 Å². The normalized spacial score (nSPS) is 11.0. The molecular formula is C9H7FOS2. The molecule has 1 aromatic heterocycles. The van der Waals surface area contributed by atoms with Crippen molar-refractivity contribution in [3.05, 3.63) is 29.6 Å². The smallest absolute Gasteiger partial charge is 0.123 e. The van der Waals surface area contributed by atoms with Gasteiger partial charge in [-0.2, -0.15) is 0 Å². The zero-order valence-electron chi connectivity index (χ0n) is 6.62. The number of hydrogen-bond donors (Lipinski definition) is 2. The van der Waals surface area contributed by atoms with Crippen molar-refractivity contribution in [1.29, 1.82) is 0 Å². The molecule has 0 saturated heterocycles. The van der Waals surface area contributed by atoms with E-state index in [9.17, 15) is 4.39 Å². The first kappa shape index (κ1) is 8.99. The second kappa shape index (κ2) is 3.29. The predicted octanol–water partition coefficient (Wildman–Crippen LogP) is 2.82. The summed E-state index contributed by atoms with van der Waals surface area (Å²) < 4.78 is 14.6. The minimum Gasteiger partial charge on any atom is -0.392 e. The number of rotatable bonds is 1. The molecule has 0 saturated carbocycles. The number of hydrogen-bond acceptors (Lipinski definition) is 3. The molecule has 0 bridgehead atoms. The maximum atomic E-state index is 12.9. The molecule has 1 aromatic carbocycles. The van der Waals surface area contributed by atoms with Crippen molar-refractivity contribution in [2.75, 3.05) is 0 Å². The summed E-state index contributed by atoms with van der Waals surface area (Å²) in [6, 6.07) is 4.54. The van der Waals surface area contributed by atoms with Crippen LogP contribution in [0.1, 0.15) is 5.56 Å². The lowest BCUT2D eigenvalue weighted by Gasteiger charge is -1.94. The molecule has 0 atom stereocenters. The van der Waals surface area contributed by atoms with Crippen molar-refractivity contribution in [2.45, 2.75) is 10.8 Å². The molecule has 1 nitrogen and oxygen atoms in total. The molecule has 68 valence electrons. The third-order valence-electron chi connectivity index (χ3n) is 1.89. The Hall–Kier alpha value is -0.580. The van der Waals surface area contributed by atoms with Crippen LogP contribution in [0.2, 0.25) is 0 Å². The fraction of sp³-hybridized carbons (Fsp3) is 0.111. The Labute approximate surface area is 84.2 Å². The van der Waals surface area contributed by atoms with E-state index in [1.165, 1.54) is 23.5 Å². The highest BCUT2D eigenvalue weighted by Crippen LogP contribution is 2.34. The number of thiol groups is 1. The zero-order valence-corrected chi connectivity index (χ0v) is 8.33. The van der Waals surface area contributed by atoms with Gasteiger partial charge in [0.25, 0.3) is 0 Å². The van der Waals surface area contributed by atoms with Gasteiger partial charge in [0.1, 0.15) is 5.82 Å². The summed E-state index contributed by atoms with van der Waals surface area (Å²) >= 11 is 5.66. The molecule has 0 aliphatic heterocycles. The topological polar surface area (TPSA) is 20.2 Å². The van der Waals surface area contributed by atoms with E-state index < -0.39 is 0 Å². The van der Waals surface area contributed by atoms with Crippen LogP contribution in [0.5, 0.6) is 0 Å². The van der Waals surface area contributed by atoms with Crippen LogP contribution >= 0.6 is 24.0 Å². The van der Waals surface area contributed by atoms with E-state index >= 15 is 0 Å². The Morgan fingerprint density at radius 2 is 2.23 bits per heavy atom. The standard InChI is InChI=1S/C9H7FOS2/c10-5-1-2-8-6(3-5)7(4-11)9(12)13-8/h1-3,11-12H,4H2.